The number of hydrogen-bond donors (Lipinski definition) is 0. The van der Waals surface area contributed by atoms with Gasteiger partial charge >= 0.3 is 0 Å². The Balaban J connectivity index is 1.33. The summed E-state index contributed by atoms with van der Waals surface area (Å²) in [6.07, 6.45) is 19.6. The summed E-state index contributed by atoms with van der Waals surface area (Å²) >= 11 is 0. The van der Waals surface area contributed by atoms with Crippen molar-refractivity contribution in [2.75, 3.05) is 26.4 Å². The third kappa shape index (κ3) is 13.1. The summed E-state index contributed by atoms with van der Waals surface area (Å²) in [6, 6.07) is 0. The molecule has 0 N–H and O–H groups in total. The fourth-order valence-corrected chi connectivity index (χ4v) is 3.30. The van der Waals surface area contributed by atoms with Crippen molar-refractivity contribution in [1.29, 1.82) is 0 Å². The van der Waals surface area contributed by atoms with E-state index in [9.17, 15) is 0 Å². The Labute approximate surface area is 161 Å². The van der Waals surface area contributed by atoms with E-state index in [0.29, 0.717) is 25.4 Å². The number of ether oxygens (including phenoxy) is 4. The van der Waals surface area contributed by atoms with E-state index in [1.54, 1.807) is 0 Å². The van der Waals surface area contributed by atoms with Crippen LogP contribution in [0.1, 0.15) is 96.8 Å². The zero-order valence-electron chi connectivity index (χ0n) is 17.1. The number of rotatable bonds is 20. The lowest BCUT2D eigenvalue weighted by Gasteiger charge is -2.17. The van der Waals surface area contributed by atoms with Gasteiger partial charge in [0, 0.05) is 0 Å². The summed E-state index contributed by atoms with van der Waals surface area (Å²) in [7, 11) is 0. The van der Waals surface area contributed by atoms with Gasteiger partial charge in [-0.15, -0.1) is 0 Å². The lowest BCUT2D eigenvalue weighted by atomic mass is 10.0. The Hall–Kier alpha value is -0.160. The molecule has 0 amide bonds. The van der Waals surface area contributed by atoms with Crippen molar-refractivity contribution in [3.05, 3.63) is 0 Å². The molecule has 4 heteroatoms. The average molecular weight is 371 g/mol. The van der Waals surface area contributed by atoms with Crippen LogP contribution >= 0.6 is 0 Å². The van der Waals surface area contributed by atoms with Gasteiger partial charge in [-0.3, -0.25) is 0 Å². The minimum Gasteiger partial charge on any atom is -0.371 e. The van der Waals surface area contributed by atoms with Crippen LogP contribution in [-0.2, 0) is 18.9 Å². The molecule has 154 valence electrons. The molecule has 2 rings (SSSR count). The van der Waals surface area contributed by atoms with Crippen molar-refractivity contribution in [2.45, 2.75) is 115 Å². The Morgan fingerprint density at radius 1 is 0.654 bits per heavy atom. The number of epoxide rings is 2. The van der Waals surface area contributed by atoms with E-state index in [1.807, 2.05) is 0 Å². The molecule has 0 aromatic carbocycles. The maximum absolute atomic E-state index is 5.85. The largest absolute Gasteiger partial charge is 0.371 e. The van der Waals surface area contributed by atoms with Crippen molar-refractivity contribution < 1.29 is 18.9 Å². The van der Waals surface area contributed by atoms with Crippen LogP contribution in [0.5, 0.6) is 0 Å². The Kier molecular flexibility index (Phi) is 12.6. The molecule has 2 aliphatic rings. The Morgan fingerprint density at radius 2 is 1.04 bits per heavy atom. The SMILES string of the molecule is CCCCCCCCCCCCCCCC(OCC1CO1)OCC1CO1. The first-order valence-electron chi connectivity index (χ1n) is 11.3. The van der Waals surface area contributed by atoms with Gasteiger partial charge < -0.3 is 18.9 Å². The normalized spacial score (nSPS) is 22.5. The Bertz CT molecular complexity index is 299. The maximum atomic E-state index is 5.85. The molecule has 0 aliphatic carbocycles. The van der Waals surface area contributed by atoms with Crippen LogP contribution in [0.2, 0.25) is 0 Å². The van der Waals surface area contributed by atoms with Crippen LogP contribution in [0.25, 0.3) is 0 Å². The van der Waals surface area contributed by atoms with Crippen molar-refractivity contribution in [2.24, 2.45) is 0 Å². The van der Waals surface area contributed by atoms with Gasteiger partial charge in [-0.1, -0.05) is 84.0 Å². The molecule has 0 saturated carbocycles. The van der Waals surface area contributed by atoms with Crippen LogP contribution in [0.3, 0.4) is 0 Å². The second kappa shape index (κ2) is 14.8. The molecular formula is C22H42O4. The monoisotopic (exact) mass is 370 g/mol. The zero-order valence-corrected chi connectivity index (χ0v) is 17.1. The molecule has 0 aromatic rings. The van der Waals surface area contributed by atoms with Crippen molar-refractivity contribution in [3.63, 3.8) is 0 Å². The average Bonchev–Trinajstić information content (AvgIpc) is 3.55. The van der Waals surface area contributed by atoms with E-state index >= 15 is 0 Å². The summed E-state index contributed by atoms with van der Waals surface area (Å²) < 4.78 is 22.1. The van der Waals surface area contributed by atoms with Gasteiger partial charge in [-0.25, -0.2) is 0 Å². The molecule has 2 unspecified atom stereocenters. The van der Waals surface area contributed by atoms with Crippen LogP contribution < -0.4 is 0 Å². The molecule has 2 heterocycles. The van der Waals surface area contributed by atoms with Crippen LogP contribution in [0.15, 0.2) is 0 Å². The standard InChI is InChI=1S/C22H42O4/c1-2-3-4-5-6-7-8-9-10-11-12-13-14-15-22(25-18-20-16-23-20)26-19-21-17-24-21/h20-22H,2-19H2,1H3. The highest BCUT2D eigenvalue weighted by molar-refractivity contribution is 4.70. The van der Waals surface area contributed by atoms with Crippen molar-refractivity contribution in [1.82, 2.24) is 0 Å². The summed E-state index contributed by atoms with van der Waals surface area (Å²) in [6.45, 7) is 5.32. The van der Waals surface area contributed by atoms with E-state index in [-0.39, 0.29) is 6.29 Å². The first-order chi connectivity index (χ1) is 12.9. The van der Waals surface area contributed by atoms with E-state index in [2.05, 4.69) is 6.92 Å². The summed E-state index contributed by atoms with van der Waals surface area (Å²) in [5, 5.41) is 0. The minimum atomic E-state index is -0.0730. The lowest BCUT2D eigenvalue weighted by molar-refractivity contribution is -0.151. The first-order valence-corrected chi connectivity index (χ1v) is 11.3. The minimum absolute atomic E-state index is 0.0730. The highest BCUT2D eigenvalue weighted by atomic mass is 16.7. The third-order valence-electron chi connectivity index (χ3n) is 5.28. The van der Waals surface area contributed by atoms with Gasteiger partial charge in [0.15, 0.2) is 6.29 Å². The molecule has 2 saturated heterocycles. The summed E-state index contributed by atoms with van der Waals surface area (Å²) in [5.41, 5.74) is 0. The topological polar surface area (TPSA) is 43.5 Å². The fraction of sp³-hybridized carbons (Fsp3) is 1.00. The highest BCUT2D eigenvalue weighted by Crippen LogP contribution is 2.18. The van der Waals surface area contributed by atoms with E-state index in [1.165, 1.54) is 83.5 Å². The molecule has 2 aliphatic heterocycles. The molecule has 2 atom stereocenters. The van der Waals surface area contributed by atoms with Crippen molar-refractivity contribution >= 4 is 0 Å². The van der Waals surface area contributed by atoms with Crippen molar-refractivity contribution in [3.8, 4) is 0 Å². The van der Waals surface area contributed by atoms with Gasteiger partial charge in [0.25, 0.3) is 0 Å². The van der Waals surface area contributed by atoms with Crippen LogP contribution in [-0.4, -0.2) is 44.9 Å². The molecule has 0 radical (unpaired) electrons. The molecular weight excluding hydrogens is 328 g/mol. The first kappa shape index (κ1) is 22.1. The third-order valence-corrected chi connectivity index (χ3v) is 5.28. The highest BCUT2D eigenvalue weighted by Gasteiger charge is 2.27. The molecule has 0 bridgehead atoms. The predicted molar refractivity (Wildman–Crippen MR) is 105 cm³/mol. The zero-order chi connectivity index (χ0) is 18.3. The van der Waals surface area contributed by atoms with E-state index in [0.717, 1.165) is 19.6 Å². The lowest BCUT2D eigenvalue weighted by Crippen LogP contribution is -2.22. The second-order valence-corrected chi connectivity index (χ2v) is 8.04. The van der Waals surface area contributed by atoms with Crippen LogP contribution in [0.4, 0.5) is 0 Å². The molecule has 0 aromatic heterocycles. The molecule has 4 nitrogen and oxygen atoms in total. The van der Waals surface area contributed by atoms with Gasteiger partial charge in [0.2, 0.25) is 0 Å². The second-order valence-electron chi connectivity index (χ2n) is 8.04. The maximum Gasteiger partial charge on any atom is 0.157 e. The smallest absolute Gasteiger partial charge is 0.157 e. The fourth-order valence-electron chi connectivity index (χ4n) is 3.30. The van der Waals surface area contributed by atoms with Gasteiger partial charge in [0.05, 0.1) is 26.4 Å². The summed E-state index contributed by atoms with van der Waals surface area (Å²) in [5.74, 6) is 0. The van der Waals surface area contributed by atoms with Gasteiger partial charge in [-0.05, 0) is 12.8 Å². The molecule has 2 fully saturated rings. The number of unbranched alkanes of at least 4 members (excludes halogenated alkanes) is 12. The Morgan fingerprint density at radius 3 is 1.42 bits per heavy atom. The number of hydrogen-bond acceptors (Lipinski definition) is 4. The molecule has 0 spiro atoms. The predicted octanol–water partition coefficient (Wildman–Crippen LogP) is 5.62. The van der Waals surface area contributed by atoms with E-state index in [4.69, 9.17) is 18.9 Å². The summed E-state index contributed by atoms with van der Waals surface area (Å²) in [4.78, 5) is 0. The molecule has 26 heavy (non-hydrogen) atoms. The quantitative estimate of drug-likeness (QED) is 0.158. The van der Waals surface area contributed by atoms with E-state index < -0.39 is 0 Å². The van der Waals surface area contributed by atoms with Gasteiger partial charge in [-0.2, -0.15) is 0 Å². The van der Waals surface area contributed by atoms with Gasteiger partial charge in [0.1, 0.15) is 12.2 Å². The van der Waals surface area contributed by atoms with Crippen LogP contribution in [0, 0.1) is 0 Å².